The monoisotopic (exact) mass is 477 g/mol. The standard InChI is InChI=1S/C25H30F3N3O3/c26-25(27,28)17-9-8-12-19(15-17)29-21-14-7-6-13-20(21)23(33)31-22(16-32)24(34)30-18-10-4-2-1-3-5-11-18/h6-9,12-15,18,22,29,32H,1-5,10-11,16H2,(H,30,34)(H,31,33)/t22-/m0/s1. The predicted molar refractivity (Wildman–Crippen MR) is 124 cm³/mol. The SMILES string of the molecule is O=C(N[C@@H](CO)C(=O)NC1CCCCCCC1)c1ccccc1Nc1cccc(C(F)(F)F)c1. The number of hydrogen-bond donors (Lipinski definition) is 4. The van der Waals surface area contributed by atoms with E-state index in [1.807, 2.05) is 0 Å². The van der Waals surface area contributed by atoms with E-state index < -0.39 is 36.2 Å². The van der Waals surface area contributed by atoms with Crippen molar-refractivity contribution in [3.05, 3.63) is 59.7 Å². The number of nitrogens with one attached hydrogen (secondary N) is 3. The number of carbonyl (C=O) groups excluding carboxylic acids is 2. The average molecular weight is 478 g/mol. The summed E-state index contributed by atoms with van der Waals surface area (Å²) < 4.78 is 39.1. The van der Waals surface area contributed by atoms with E-state index in [4.69, 9.17) is 0 Å². The van der Waals surface area contributed by atoms with Crippen LogP contribution < -0.4 is 16.0 Å². The van der Waals surface area contributed by atoms with Crippen LogP contribution in [0.5, 0.6) is 0 Å². The number of alkyl halides is 3. The second kappa shape index (κ2) is 11.9. The number of amides is 2. The molecule has 0 bridgehead atoms. The summed E-state index contributed by atoms with van der Waals surface area (Å²) in [5.41, 5.74) is -0.241. The first kappa shape index (κ1) is 25.6. The van der Waals surface area contributed by atoms with Crippen molar-refractivity contribution in [1.29, 1.82) is 0 Å². The van der Waals surface area contributed by atoms with Gasteiger partial charge in [0, 0.05) is 11.7 Å². The van der Waals surface area contributed by atoms with E-state index >= 15 is 0 Å². The van der Waals surface area contributed by atoms with E-state index in [9.17, 15) is 27.9 Å². The van der Waals surface area contributed by atoms with Crippen molar-refractivity contribution in [2.45, 2.75) is 63.2 Å². The third kappa shape index (κ3) is 7.21. The van der Waals surface area contributed by atoms with Crippen LogP contribution in [0.25, 0.3) is 0 Å². The van der Waals surface area contributed by atoms with Gasteiger partial charge in [-0.3, -0.25) is 9.59 Å². The molecule has 0 saturated heterocycles. The molecule has 6 nitrogen and oxygen atoms in total. The molecule has 184 valence electrons. The lowest BCUT2D eigenvalue weighted by atomic mass is 9.96. The maximum Gasteiger partial charge on any atom is 0.416 e. The highest BCUT2D eigenvalue weighted by molar-refractivity contribution is 6.02. The fraction of sp³-hybridized carbons (Fsp3) is 0.440. The molecule has 1 atom stereocenters. The first-order valence-corrected chi connectivity index (χ1v) is 11.5. The van der Waals surface area contributed by atoms with Crippen molar-refractivity contribution in [1.82, 2.24) is 10.6 Å². The summed E-state index contributed by atoms with van der Waals surface area (Å²) >= 11 is 0. The van der Waals surface area contributed by atoms with Gasteiger partial charge in [-0.1, -0.05) is 50.3 Å². The Morgan fingerprint density at radius 2 is 1.65 bits per heavy atom. The Hall–Kier alpha value is -3.07. The number of benzene rings is 2. The van der Waals surface area contributed by atoms with Gasteiger partial charge in [-0.05, 0) is 43.2 Å². The maximum atomic E-state index is 13.0. The smallest absolute Gasteiger partial charge is 0.394 e. The average Bonchev–Trinajstić information content (AvgIpc) is 2.79. The molecule has 2 amide bonds. The maximum absolute atomic E-state index is 13.0. The summed E-state index contributed by atoms with van der Waals surface area (Å²) in [5.74, 6) is -1.08. The van der Waals surface area contributed by atoms with Crippen LogP contribution in [0.15, 0.2) is 48.5 Å². The molecule has 3 rings (SSSR count). The zero-order valence-electron chi connectivity index (χ0n) is 18.8. The minimum absolute atomic E-state index is 0.00798. The molecule has 0 spiro atoms. The molecule has 0 aromatic heterocycles. The van der Waals surface area contributed by atoms with E-state index in [1.165, 1.54) is 24.6 Å². The number of anilines is 2. The quantitative estimate of drug-likeness (QED) is 0.463. The Bertz CT molecular complexity index is 973. The fourth-order valence-electron chi connectivity index (χ4n) is 4.05. The number of halogens is 3. The molecule has 0 unspecified atom stereocenters. The Morgan fingerprint density at radius 3 is 2.32 bits per heavy atom. The van der Waals surface area contributed by atoms with Gasteiger partial charge >= 0.3 is 6.18 Å². The lowest BCUT2D eigenvalue weighted by Crippen LogP contribution is -2.51. The topological polar surface area (TPSA) is 90.5 Å². The predicted octanol–water partition coefficient (Wildman–Crippen LogP) is 4.77. The van der Waals surface area contributed by atoms with E-state index in [-0.39, 0.29) is 23.0 Å². The molecule has 0 radical (unpaired) electrons. The minimum atomic E-state index is -4.49. The van der Waals surface area contributed by atoms with Gasteiger partial charge in [-0.25, -0.2) is 0 Å². The van der Waals surface area contributed by atoms with Crippen LogP contribution in [-0.4, -0.2) is 35.6 Å². The summed E-state index contributed by atoms with van der Waals surface area (Å²) in [6.07, 6.45) is 2.73. The van der Waals surface area contributed by atoms with Crippen LogP contribution in [0.4, 0.5) is 24.5 Å². The van der Waals surface area contributed by atoms with E-state index in [1.54, 1.807) is 18.2 Å². The zero-order valence-corrected chi connectivity index (χ0v) is 18.8. The minimum Gasteiger partial charge on any atom is -0.394 e. The lowest BCUT2D eigenvalue weighted by Gasteiger charge is -2.24. The second-order valence-corrected chi connectivity index (χ2v) is 8.51. The Balaban J connectivity index is 1.69. The summed E-state index contributed by atoms with van der Waals surface area (Å²) in [7, 11) is 0. The molecule has 2 aromatic carbocycles. The summed E-state index contributed by atoms with van der Waals surface area (Å²) in [6.45, 7) is -0.576. The van der Waals surface area contributed by atoms with Crippen LogP contribution in [-0.2, 0) is 11.0 Å². The molecular weight excluding hydrogens is 447 g/mol. The highest BCUT2D eigenvalue weighted by atomic mass is 19.4. The third-order valence-corrected chi connectivity index (χ3v) is 5.90. The molecular formula is C25H30F3N3O3. The highest BCUT2D eigenvalue weighted by Gasteiger charge is 2.30. The first-order chi connectivity index (χ1) is 16.3. The molecule has 1 aliphatic rings. The van der Waals surface area contributed by atoms with Gasteiger partial charge in [-0.15, -0.1) is 0 Å². The van der Waals surface area contributed by atoms with Gasteiger partial charge in [0.1, 0.15) is 6.04 Å². The third-order valence-electron chi connectivity index (χ3n) is 5.90. The number of aliphatic hydroxyl groups is 1. The van der Waals surface area contributed by atoms with Crippen LogP contribution in [0.2, 0.25) is 0 Å². The number of para-hydroxylation sites is 1. The molecule has 1 aliphatic carbocycles. The van der Waals surface area contributed by atoms with Crippen molar-refractivity contribution in [3.8, 4) is 0 Å². The molecule has 0 aliphatic heterocycles. The van der Waals surface area contributed by atoms with Crippen LogP contribution in [0.1, 0.15) is 60.9 Å². The van der Waals surface area contributed by atoms with Gasteiger partial charge in [0.15, 0.2) is 0 Å². The number of hydrogen-bond acceptors (Lipinski definition) is 4. The van der Waals surface area contributed by atoms with Gasteiger partial charge < -0.3 is 21.1 Å². The Labute approximate surface area is 196 Å². The molecule has 9 heteroatoms. The zero-order chi connectivity index (χ0) is 24.6. The van der Waals surface area contributed by atoms with Gasteiger partial charge in [0.25, 0.3) is 5.91 Å². The van der Waals surface area contributed by atoms with Crippen molar-refractivity contribution >= 4 is 23.2 Å². The Kier molecular flexibility index (Phi) is 8.92. The highest BCUT2D eigenvalue weighted by Crippen LogP contribution is 2.32. The number of carbonyl (C=O) groups is 2. The van der Waals surface area contributed by atoms with Crippen LogP contribution in [0, 0.1) is 0 Å². The number of aliphatic hydroxyl groups excluding tert-OH is 1. The summed E-state index contributed by atoms with van der Waals surface area (Å²) in [6, 6.07) is 9.81. The van der Waals surface area contributed by atoms with Crippen LogP contribution >= 0.6 is 0 Å². The fourth-order valence-corrected chi connectivity index (χ4v) is 4.05. The van der Waals surface area contributed by atoms with Gasteiger partial charge in [0.05, 0.1) is 23.4 Å². The van der Waals surface area contributed by atoms with Gasteiger partial charge in [-0.2, -0.15) is 13.2 Å². The normalized spacial score (nSPS) is 16.1. The van der Waals surface area contributed by atoms with E-state index in [2.05, 4.69) is 16.0 Å². The molecule has 1 saturated carbocycles. The van der Waals surface area contributed by atoms with E-state index in [0.717, 1.165) is 50.7 Å². The van der Waals surface area contributed by atoms with Gasteiger partial charge in [0.2, 0.25) is 5.91 Å². The molecule has 4 N–H and O–H groups in total. The van der Waals surface area contributed by atoms with Crippen molar-refractivity contribution < 1.29 is 27.9 Å². The lowest BCUT2D eigenvalue weighted by molar-refractivity contribution is -0.137. The van der Waals surface area contributed by atoms with Crippen molar-refractivity contribution in [2.75, 3.05) is 11.9 Å². The second-order valence-electron chi connectivity index (χ2n) is 8.51. The van der Waals surface area contributed by atoms with Crippen LogP contribution in [0.3, 0.4) is 0 Å². The van der Waals surface area contributed by atoms with Crippen molar-refractivity contribution in [3.63, 3.8) is 0 Å². The summed E-state index contributed by atoms with van der Waals surface area (Å²) in [5, 5.41) is 18.1. The Morgan fingerprint density at radius 1 is 0.971 bits per heavy atom. The molecule has 0 heterocycles. The van der Waals surface area contributed by atoms with E-state index in [0.29, 0.717) is 0 Å². The largest absolute Gasteiger partial charge is 0.416 e. The molecule has 1 fully saturated rings. The van der Waals surface area contributed by atoms with Crippen molar-refractivity contribution in [2.24, 2.45) is 0 Å². The molecule has 2 aromatic rings. The number of rotatable bonds is 7. The molecule has 34 heavy (non-hydrogen) atoms. The summed E-state index contributed by atoms with van der Waals surface area (Å²) in [4.78, 5) is 25.6. The first-order valence-electron chi connectivity index (χ1n) is 11.5.